The van der Waals surface area contributed by atoms with Crippen LogP contribution in [0.25, 0.3) is 11.1 Å². The van der Waals surface area contributed by atoms with Gasteiger partial charge < -0.3 is 10.2 Å². The topological polar surface area (TPSA) is 74.6 Å². The standard InChI is InChI=1S/C51H54O4.2ClH/c1-45-19-31-20-46(2,25-45)28-49(23-31,27-45)33-13-15-35-36-16-14-34(50-24-32-21-47(3,29-50)26-48(4,22-32)30-50)18-42(36)51(41(35)17-33,39-11-7-5-9-37(39)43(52)53)40-12-8-6-10-38(40)44(54)55;;/h5-18,31-32H,19-30H2,1-4H3,(H,52,53)(H,54,55);2*1H. The number of halogens is 2. The number of hydrogen-bond acceptors (Lipinski definition) is 2. The van der Waals surface area contributed by atoms with Gasteiger partial charge in [0.15, 0.2) is 0 Å². The zero-order chi connectivity index (χ0) is 38.0. The summed E-state index contributed by atoms with van der Waals surface area (Å²) in [5.74, 6) is -0.551. The lowest BCUT2D eigenvalue weighted by atomic mass is 9.39. The van der Waals surface area contributed by atoms with Crippen molar-refractivity contribution in [3.05, 3.63) is 129 Å². The molecule has 4 aromatic rings. The maximum Gasteiger partial charge on any atom is 0.336 e. The van der Waals surface area contributed by atoms with Crippen molar-refractivity contribution in [3.8, 4) is 11.1 Å². The van der Waals surface area contributed by atoms with Gasteiger partial charge in [-0.2, -0.15) is 0 Å². The molecular formula is C51H56Cl2O4. The number of fused-ring (bicyclic) bond motifs is 3. The Kier molecular flexibility index (Phi) is 8.34. The third kappa shape index (κ3) is 5.30. The van der Waals surface area contributed by atoms with Crippen LogP contribution in [0.5, 0.6) is 0 Å². The zero-order valence-corrected chi connectivity index (χ0v) is 35.4. The Morgan fingerprint density at radius 2 is 0.825 bits per heavy atom. The van der Waals surface area contributed by atoms with E-state index in [9.17, 15) is 19.8 Å². The molecule has 0 aromatic heterocycles. The number of benzene rings is 4. The lowest BCUT2D eigenvalue weighted by Gasteiger charge is -2.65. The lowest BCUT2D eigenvalue weighted by molar-refractivity contribution is -0.110. The van der Waals surface area contributed by atoms with E-state index in [1.165, 1.54) is 88.2 Å². The number of aromatic carboxylic acids is 2. The Hall–Kier alpha value is -3.60. The van der Waals surface area contributed by atoms with Crippen molar-refractivity contribution >= 4 is 36.8 Å². The minimum Gasteiger partial charge on any atom is -0.478 e. The zero-order valence-electron chi connectivity index (χ0n) is 33.8. The number of hydrogen-bond donors (Lipinski definition) is 2. The fraction of sp³-hybridized carbons (Fsp3) is 0.490. The van der Waals surface area contributed by atoms with Gasteiger partial charge in [-0.1, -0.05) is 100 Å². The molecule has 8 bridgehead atoms. The summed E-state index contributed by atoms with van der Waals surface area (Å²) in [5, 5.41) is 22.0. The summed E-state index contributed by atoms with van der Waals surface area (Å²) < 4.78 is 0. The van der Waals surface area contributed by atoms with Gasteiger partial charge in [-0.15, -0.1) is 24.8 Å². The van der Waals surface area contributed by atoms with Gasteiger partial charge in [-0.25, -0.2) is 9.59 Å². The van der Waals surface area contributed by atoms with E-state index in [-0.39, 0.29) is 46.8 Å². The first kappa shape index (κ1) is 38.9. The molecular weight excluding hydrogens is 747 g/mol. The van der Waals surface area contributed by atoms with E-state index < -0.39 is 17.4 Å². The quantitative estimate of drug-likeness (QED) is 0.179. The van der Waals surface area contributed by atoms with Crippen molar-refractivity contribution in [1.29, 1.82) is 0 Å². The van der Waals surface area contributed by atoms with Crippen molar-refractivity contribution in [2.75, 3.05) is 0 Å². The molecule has 4 aromatic carbocycles. The van der Waals surface area contributed by atoms with Crippen molar-refractivity contribution in [2.45, 2.75) is 121 Å². The molecule has 13 rings (SSSR count). The summed E-state index contributed by atoms with van der Waals surface area (Å²) in [6, 6.07) is 29.2. The molecule has 9 aliphatic rings. The van der Waals surface area contributed by atoms with Gasteiger partial charge >= 0.3 is 11.9 Å². The molecule has 6 heteroatoms. The second-order valence-corrected chi connectivity index (χ2v) is 21.8. The average Bonchev–Trinajstić information content (AvgIpc) is 3.38. The van der Waals surface area contributed by atoms with E-state index in [1.54, 1.807) is 24.3 Å². The van der Waals surface area contributed by atoms with Crippen LogP contribution in [0.1, 0.15) is 159 Å². The molecule has 4 unspecified atom stereocenters. The predicted molar refractivity (Wildman–Crippen MR) is 230 cm³/mol. The highest BCUT2D eigenvalue weighted by Crippen LogP contribution is 2.72. The van der Waals surface area contributed by atoms with Crippen molar-refractivity contribution in [3.63, 3.8) is 0 Å². The molecule has 57 heavy (non-hydrogen) atoms. The van der Waals surface area contributed by atoms with Gasteiger partial charge in [0.25, 0.3) is 0 Å². The lowest BCUT2D eigenvalue weighted by Crippen LogP contribution is -2.56. The monoisotopic (exact) mass is 802 g/mol. The molecule has 0 heterocycles. The van der Waals surface area contributed by atoms with Crippen LogP contribution in [0.3, 0.4) is 0 Å². The highest BCUT2D eigenvalue weighted by atomic mass is 35.5. The summed E-state index contributed by atoms with van der Waals surface area (Å²) >= 11 is 0. The second-order valence-electron chi connectivity index (χ2n) is 21.8. The van der Waals surface area contributed by atoms with Crippen LogP contribution in [-0.2, 0) is 16.2 Å². The molecule has 8 saturated carbocycles. The summed E-state index contributed by atoms with van der Waals surface area (Å²) in [6.07, 6.45) is 14.9. The predicted octanol–water partition coefficient (Wildman–Crippen LogP) is 12.8. The number of rotatable bonds is 6. The Morgan fingerprint density at radius 1 is 0.474 bits per heavy atom. The van der Waals surface area contributed by atoms with Gasteiger partial charge in [0.1, 0.15) is 0 Å². The van der Waals surface area contributed by atoms with Crippen LogP contribution >= 0.6 is 24.8 Å². The molecule has 0 radical (unpaired) electrons. The Balaban J connectivity index is 0.00000211. The van der Waals surface area contributed by atoms with E-state index in [1.807, 2.05) is 24.3 Å². The smallest absolute Gasteiger partial charge is 0.336 e. The van der Waals surface area contributed by atoms with E-state index in [4.69, 9.17) is 0 Å². The first-order chi connectivity index (χ1) is 26.1. The average molecular weight is 804 g/mol. The highest BCUT2D eigenvalue weighted by Gasteiger charge is 2.63. The van der Waals surface area contributed by atoms with E-state index in [0.29, 0.717) is 44.6 Å². The normalized spacial score (nSPS) is 36.8. The van der Waals surface area contributed by atoms with E-state index in [2.05, 4.69) is 64.1 Å². The third-order valence-electron chi connectivity index (χ3n) is 16.7. The first-order valence-corrected chi connectivity index (χ1v) is 21.0. The fourth-order valence-corrected chi connectivity index (χ4v) is 17.2. The van der Waals surface area contributed by atoms with Crippen molar-refractivity contribution in [2.24, 2.45) is 33.5 Å². The maximum atomic E-state index is 13.4. The largest absolute Gasteiger partial charge is 0.478 e. The van der Waals surface area contributed by atoms with E-state index >= 15 is 0 Å². The molecule has 8 fully saturated rings. The van der Waals surface area contributed by atoms with Crippen LogP contribution in [0, 0.1) is 33.5 Å². The minimum atomic E-state index is -1.15. The van der Waals surface area contributed by atoms with E-state index in [0.717, 1.165) is 22.3 Å². The number of carbonyl (C=O) groups is 2. The highest BCUT2D eigenvalue weighted by molar-refractivity contribution is 5.98. The summed E-state index contributed by atoms with van der Waals surface area (Å²) in [7, 11) is 0. The molecule has 2 N–H and O–H groups in total. The molecule has 4 nitrogen and oxygen atoms in total. The van der Waals surface area contributed by atoms with Crippen molar-refractivity contribution < 1.29 is 19.8 Å². The van der Waals surface area contributed by atoms with Gasteiger partial charge in [0.2, 0.25) is 0 Å². The summed E-state index contributed by atoms with van der Waals surface area (Å²) in [4.78, 5) is 26.8. The van der Waals surface area contributed by atoms with Crippen molar-refractivity contribution in [1.82, 2.24) is 0 Å². The molecule has 0 saturated heterocycles. The van der Waals surface area contributed by atoms with Gasteiger partial charge in [0, 0.05) is 0 Å². The fourth-order valence-electron chi connectivity index (χ4n) is 17.2. The minimum absolute atomic E-state index is 0. The Morgan fingerprint density at radius 3 is 1.16 bits per heavy atom. The number of carboxylic acid groups (broad SMARTS) is 2. The molecule has 0 amide bonds. The molecule has 0 aliphatic heterocycles. The summed E-state index contributed by atoms with van der Waals surface area (Å²) in [6.45, 7) is 10.1. The number of carboxylic acids is 2. The van der Waals surface area contributed by atoms with Gasteiger partial charge in [-0.3, -0.25) is 0 Å². The Bertz CT molecular complexity index is 2180. The van der Waals surface area contributed by atoms with Crippen LogP contribution in [0.15, 0.2) is 84.9 Å². The van der Waals surface area contributed by atoms with Crippen LogP contribution in [0.4, 0.5) is 0 Å². The molecule has 298 valence electrons. The van der Waals surface area contributed by atoms with Crippen LogP contribution in [0.2, 0.25) is 0 Å². The first-order valence-electron chi connectivity index (χ1n) is 21.0. The maximum absolute atomic E-state index is 13.4. The van der Waals surface area contributed by atoms with Crippen LogP contribution < -0.4 is 0 Å². The molecule has 4 atom stereocenters. The molecule has 9 aliphatic carbocycles. The second kappa shape index (κ2) is 12.2. The van der Waals surface area contributed by atoms with Gasteiger partial charge in [0.05, 0.1) is 16.5 Å². The summed E-state index contributed by atoms with van der Waals surface area (Å²) in [5.41, 5.74) is 8.95. The SMILES string of the molecule is CC12CC3CC(C)(C1)CC(c1ccc4c(c1)C(c1ccccc1C(=O)O)(c1ccccc1C(=O)O)c1cc(C56CC7CC(C)(CC(C)(C7)C5)C6)ccc1-4)(C3)C2.Cl.Cl. The van der Waals surface area contributed by atoms with Crippen LogP contribution in [-0.4, -0.2) is 22.2 Å². The van der Waals surface area contributed by atoms with Gasteiger partial charge in [-0.05, 0) is 178 Å². The third-order valence-corrected chi connectivity index (χ3v) is 16.7. The Labute approximate surface area is 350 Å². The molecule has 0 spiro atoms.